The summed E-state index contributed by atoms with van der Waals surface area (Å²) in [4.78, 5) is 23.0. The number of hydrogen-bond donors (Lipinski definition) is 3. The van der Waals surface area contributed by atoms with Crippen molar-refractivity contribution in [3.63, 3.8) is 0 Å². The summed E-state index contributed by atoms with van der Waals surface area (Å²) in [6.45, 7) is 3.06. The van der Waals surface area contributed by atoms with E-state index in [2.05, 4.69) is 5.32 Å². The average molecular weight is 310 g/mol. The molecule has 0 aliphatic rings. The zero-order valence-corrected chi connectivity index (χ0v) is 12.8. The van der Waals surface area contributed by atoms with E-state index in [1.54, 1.807) is 0 Å². The molecule has 22 heavy (non-hydrogen) atoms. The molecule has 7 nitrogen and oxygen atoms in total. The standard InChI is InChI=1S/C15H22N2O5/c1-3-22-13-8-11(9-16-10-15(20)21)4-5-12(13)17(2)7-6-14(18)19/h4-5,8,16H,3,6-7,9-10H2,1-2H3,(H,18,19)(H,20,21). The molecule has 0 radical (unpaired) electrons. The van der Waals surface area contributed by atoms with Crippen LogP contribution in [0, 0.1) is 0 Å². The first-order chi connectivity index (χ1) is 10.4. The number of carboxylic acid groups (broad SMARTS) is 2. The Morgan fingerprint density at radius 1 is 1.27 bits per heavy atom. The van der Waals surface area contributed by atoms with E-state index in [4.69, 9.17) is 14.9 Å². The number of nitrogens with one attached hydrogen (secondary N) is 1. The molecule has 0 saturated heterocycles. The van der Waals surface area contributed by atoms with E-state index in [0.29, 0.717) is 25.4 Å². The van der Waals surface area contributed by atoms with Crippen molar-refractivity contribution in [2.75, 3.05) is 31.6 Å². The van der Waals surface area contributed by atoms with Crippen LogP contribution in [0.15, 0.2) is 18.2 Å². The Balaban J connectivity index is 2.79. The summed E-state index contributed by atoms with van der Waals surface area (Å²) in [5.74, 6) is -1.10. The van der Waals surface area contributed by atoms with E-state index in [1.807, 2.05) is 37.1 Å². The Labute approximate surface area is 129 Å². The van der Waals surface area contributed by atoms with Gasteiger partial charge in [-0.3, -0.25) is 9.59 Å². The molecular weight excluding hydrogens is 288 g/mol. The highest BCUT2D eigenvalue weighted by Gasteiger charge is 2.11. The third-order valence-corrected chi connectivity index (χ3v) is 3.00. The van der Waals surface area contributed by atoms with Crippen molar-refractivity contribution in [3.05, 3.63) is 23.8 Å². The first-order valence-corrected chi connectivity index (χ1v) is 7.05. The van der Waals surface area contributed by atoms with E-state index < -0.39 is 11.9 Å². The molecule has 0 spiro atoms. The van der Waals surface area contributed by atoms with Gasteiger partial charge in [0, 0.05) is 20.1 Å². The first kappa shape index (κ1) is 17.8. The maximum Gasteiger partial charge on any atom is 0.317 e. The molecule has 0 atom stereocenters. The van der Waals surface area contributed by atoms with Crippen LogP contribution >= 0.6 is 0 Å². The lowest BCUT2D eigenvalue weighted by atomic mass is 10.1. The summed E-state index contributed by atoms with van der Waals surface area (Å²) in [6, 6.07) is 5.56. The van der Waals surface area contributed by atoms with Crippen molar-refractivity contribution in [3.8, 4) is 5.75 Å². The molecular formula is C15H22N2O5. The Bertz CT molecular complexity index is 519. The molecule has 1 rings (SSSR count). The van der Waals surface area contributed by atoms with Crippen LogP contribution in [0.1, 0.15) is 18.9 Å². The van der Waals surface area contributed by atoms with Gasteiger partial charge in [-0.1, -0.05) is 6.07 Å². The minimum Gasteiger partial charge on any atom is -0.492 e. The Hall–Kier alpha value is -2.28. The SMILES string of the molecule is CCOc1cc(CNCC(=O)O)ccc1N(C)CCC(=O)O. The summed E-state index contributed by atoms with van der Waals surface area (Å²) in [5, 5.41) is 20.2. The number of rotatable bonds is 10. The van der Waals surface area contributed by atoms with Gasteiger partial charge in [0.05, 0.1) is 25.3 Å². The van der Waals surface area contributed by atoms with Gasteiger partial charge in [0.25, 0.3) is 0 Å². The molecule has 122 valence electrons. The van der Waals surface area contributed by atoms with E-state index in [1.165, 1.54) is 0 Å². The fourth-order valence-corrected chi connectivity index (χ4v) is 1.95. The third kappa shape index (κ3) is 6.01. The van der Waals surface area contributed by atoms with Crippen molar-refractivity contribution < 1.29 is 24.5 Å². The normalized spacial score (nSPS) is 10.3. The summed E-state index contributed by atoms with van der Waals surface area (Å²) < 4.78 is 5.60. The molecule has 0 saturated carbocycles. The maximum atomic E-state index is 10.7. The van der Waals surface area contributed by atoms with E-state index in [0.717, 1.165) is 11.3 Å². The lowest BCUT2D eigenvalue weighted by Gasteiger charge is -2.22. The fourth-order valence-electron chi connectivity index (χ4n) is 1.95. The lowest BCUT2D eigenvalue weighted by molar-refractivity contribution is -0.137. The van der Waals surface area contributed by atoms with Crippen LogP contribution in [-0.4, -0.2) is 48.9 Å². The average Bonchev–Trinajstić information content (AvgIpc) is 2.45. The molecule has 0 amide bonds. The highest BCUT2D eigenvalue weighted by molar-refractivity contribution is 5.69. The molecule has 0 unspecified atom stereocenters. The maximum absolute atomic E-state index is 10.7. The van der Waals surface area contributed by atoms with Gasteiger partial charge in [0.15, 0.2) is 0 Å². The number of carboxylic acids is 2. The molecule has 0 heterocycles. The predicted octanol–water partition coefficient (Wildman–Crippen LogP) is 1.17. The number of benzene rings is 1. The number of hydrogen-bond acceptors (Lipinski definition) is 5. The molecule has 0 aromatic heterocycles. The Morgan fingerprint density at radius 2 is 2.00 bits per heavy atom. The van der Waals surface area contributed by atoms with Gasteiger partial charge >= 0.3 is 11.9 Å². The topological polar surface area (TPSA) is 99.1 Å². The number of carbonyl (C=O) groups is 2. The van der Waals surface area contributed by atoms with Gasteiger partial charge < -0.3 is 25.2 Å². The number of aliphatic carboxylic acids is 2. The fraction of sp³-hybridized carbons (Fsp3) is 0.467. The van der Waals surface area contributed by atoms with Crippen molar-refractivity contribution in [2.45, 2.75) is 19.9 Å². The smallest absolute Gasteiger partial charge is 0.317 e. The van der Waals surface area contributed by atoms with Crippen molar-refractivity contribution in [2.24, 2.45) is 0 Å². The monoisotopic (exact) mass is 310 g/mol. The highest BCUT2D eigenvalue weighted by atomic mass is 16.5. The van der Waals surface area contributed by atoms with Crippen LogP contribution in [0.25, 0.3) is 0 Å². The van der Waals surface area contributed by atoms with Crippen LogP contribution in [0.5, 0.6) is 5.75 Å². The molecule has 7 heteroatoms. The van der Waals surface area contributed by atoms with E-state index in [-0.39, 0.29) is 13.0 Å². The minimum atomic E-state index is -0.907. The van der Waals surface area contributed by atoms with Crippen molar-refractivity contribution in [1.82, 2.24) is 5.32 Å². The minimum absolute atomic E-state index is 0.0456. The van der Waals surface area contributed by atoms with Gasteiger partial charge in [-0.25, -0.2) is 0 Å². The lowest BCUT2D eigenvalue weighted by Crippen LogP contribution is -2.23. The number of nitrogens with zero attached hydrogens (tertiary/aromatic N) is 1. The second-order valence-corrected chi connectivity index (χ2v) is 4.80. The largest absolute Gasteiger partial charge is 0.492 e. The van der Waals surface area contributed by atoms with Crippen molar-refractivity contribution >= 4 is 17.6 Å². The summed E-state index contributed by atoms with van der Waals surface area (Å²) in [7, 11) is 1.81. The van der Waals surface area contributed by atoms with Gasteiger partial charge in [-0.15, -0.1) is 0 Å². The second-order valence-electron chi connectivity index (χ2n) is 4.80. The van der Waals surface area contributed by atoms with Crippen LogP contribution in [-0.2, 0) is 16.1 Å². The van der Waals surface area contributed by atoms with E-state index >= 15 is 0 Å². The van der Waals surface area contributed by atoms with Crippen molar-refractivity contribution in [1.29, 1.82) is 0 Å². The second kappa shape index (κ2) is 8.89. The van der Waals surface area contributed by atoms with Gasteiger partial charge in [-0.2, -0.15) is 0 Å². The molecule has 1 aromatic carbocycles. The van der Waals surface area contributed by atoms with Gasteiger partial charge in [0.2, 0.25) is 0 Å². The Morgan fingerprint density at radius 3 is 2.59 bits per heavy atom. The predicted molar refractivity (Wildman–Crippen MR) is 82.5 cm³/mol. The molecule has 0 aliphatic carbocycles. The number of ether oxygens (including phenoxy) is 1. The first-order valence-electron chi connectivity index (χ1n) is 7.05. The zero-order chi connectivity index (χ0) is 16.5. The molecule has 0 fully saturated rings. The quantitative estimate of drug-likeness (QED) is 0.596. The number of anilines is 1. The summed E-state index contributed by atoms with van der Waals surface area (Å²) >= 11 is 0. The summed E-state index contributed by atoms with van der Waals surface area (Å²) in [6.07, 6.45) is 0.0456. The zero-order valence-electron chi connectivity index (χ0n) is 12.8. The molecule has 3 N–H and O–H groups in total. The highest BCUT2D eigenvalue weighted by Crippen LogP contribution is 2.29. The summed E-state index contributed by atoms with van der Waals surface area (Å²) in [5.41, 5.74) is 1.71. The van der Waals surface area contributed by atoms with Crippen LogP contribution in [0.3, 0.4) is 0 Å². The van der Waals surface area contributed by atoms with Gasteiger partial charge in [-0.05, 0) is 24.6 Å². The molecule has 0 bridgehead atoms. The molecule has 1 aromatic rings. The van der Waals surface area contributed by atoms with Crippen LogP contribution in [0.4, 0.5) is 5.69 Å². The Kier molecular flexibility index (Phi) is 7.18. The van der Waals surface area contributed by atoms with Gasteiger partial charge in [0.1, 0.15) is 5.75 Å². The van der Waals surface area contributed by atoms with Crippen LogP contribution < -0.4 is 15.0 Å². The third-order valence-electron chi connectivity index (χ3n) is 3.00. The van der Waals surface area contributed by atoms with E-state index in [9.17, 15) is 9.59 Å². The van der Waals surface area contributed by atoms with Crippen LogP contribution in [0.2, 0.25) is 0 Å². The molecule has 0 aliphatic heterocycles.